The number of nitrogens with zero attached hydrogens (tertiary/aromatic N) is 1. The van der Waals surface area contributed by atoms with Crippen molar-refractivity contribution in [2.45, 2.75) is 84.0 Å². The standard InChI is InChI=1S/C17H38N.BF4/c1-5-6-7-8-9-10-11-12-13-14-15-16-17-18(2,3)4;2-1(3,4)5/h5-17H2,1-4H3;/q+1;-1. The van der Waals surface area contributed by atoms with Gasteiger partial charge in [0.05, 0.1) is 27.7 Å². The summed E-state index contributed by atoms with van der Waals surface area (Å²) in [5, 5.41) is 0. The molecule has 0 heterocycles. The summed E-state index contributed by atoms with van der Waals surface area (Å²) >= 11 is 0. The molecule has 1 nitrogen and oxygen atoms in total. The third-order valence-electron chi connectivity index (χ3n) is 3.68. The molecule has 0 fully saturated rings. The highest BCUT2D eigenvalue weighted by atomic mass is 19.5. The van der Waals surface area contributed by atoms with Gasteiger partial charge in [-0.05, 0) is 12.8 Å². The molecule has 0 N–H and O–H groups in total. The molecular weight excluding hydrogens is 305 g/mol. The summed E-state index contributed by atoms with van der Waals surface area (Å²) in [6, 6.07) is 0. The van der Waals surface area contributed by atoms with Gasteiger partial charge in [0.1, 0.15) is 0 Å². The predicted molar refractivity (Wildman–Crippen MR) is 94.2 cm³/mol. The van der Waals surface area contributed by atoms with Crippen molar-refractivity contribution in [1.29, 1.82) is 0 Å². The van der Waals surface area contributed by atoms with Crippen molar-refractivity contribution in [3.63, 3.8) is 0 Å². The summed E-state index contributed by atoms with van der Waals surface area (Å²) in [5.74, 6) is 0. The molecule has 23 heavy (non-hydrogen) atoms. The molecule has 0 aromatic rings. The van der Waals surface area contributed by atoms with E-state index in [1.165, 1.54) is 83.6 Å². The monoisotopic (exact) mass is 343 g/mol. The van der Waals surface area contributed by atoms with Crippen molar-refractivity contribution in [2.24, 2.45) is 0 Å². The Balaban J connectivity index is 0. The van der Waals surface area contributed by atoms with E-state index in [0.717, 1.165) is 4.48 Å². The molecule has 0 radical (unpaired) electrons. The SMILES string of the molecule is CCCCCCCCCCCCCC[N+](C)(C)C.F[B-](F)(F)F. The lowest BCUT2D eigenvalue weighted by Gasteiger charge is -2.23. The molecule has 0 rings (SSSR count). The van der Waals surface area contributed by atoms with Gasteiger partial charge >= 0.3 is 7.25 Å². The average Bonchev–Trinajstić information content (AvgIpc) is 2.37. The van der Waals surface area contributed by atoms with Crippen molar-refractivity contribution in [3.05, 3.63) is 0 Å². The van der Waals surface area contributed by atoms with Crippen LogP contribution in [0.4, 0.5) is 17.3 Å². The van der Waals surface area contributed by atoms with Gasteiger partial charge in [0.2, 0.25) is 0 Å². The predicted octanol–water partition coefficient (Wildman–Crippen LogP) is 6.69. The number of quaternary nitrogens is 1. The largest absolute Gasteiger partial charge is 0.673 e. The Morgan fingerprint density at radius 1 is 0.565 bits per heavy atom. The minimum absolute atomic E-state index is 1.12. The fraction of sp³-hybridized carbons (Fsp3) is 1.00. The lowest BCUT2D eigenvalue weighted by atomic mass is 10.1. The normalized spacial score (nSPS) is 12.0. The van der Waals surface area contributed by atoms with Crippen molar-refractivity contribution < 1.29 is 21.7 Å². The first-order valence-electron chi connectivity index (χ1n) is 9.24. The lowest BCUT2D eigenvalue weighted by molar-refractivity contribution is -0.870. The second kappa shape index (κ2) is 15.3. The fourth-order valence-corrected chi connectivity index (χ4v) is 2.43. The Hall–Kier alpha value is -0.255. The molecule has 6 heteroatoms. The van der Waals surface area contributed by atoms with Gasteiger partial charge < -0.3 is 21.7 Å². The van der Waals surface area contributed by atoms with E-state index in [2.05, 4.69) is 28.1 Å². The van der Waals surface area contributed by atoms with Gasteiger partial charge in [0.25, 0.3) is 0 Å². The molecule has 0 bridgehead atoms. The van der Waals surface area contributed by atoms with E-state index in [1.54, 1.807) is 0 Å². The number of unbranched alkanes of at least 4 members (excludes halogenated alkanes) is 11. The van der Waals surface area contributed by atoms with Crippen LogP contribution < -0.4 is 0 Å². The Morgan fingerprint density at radius 2 is 0.826 bits per heavy atom. The number of hydrogen-bond acceptors (Lipinski definition) is 0. The van der Waals surface area contributed by atoms with Crippen LogP contribution in [0.25, 0.3) is 0 Å². The van der Waals surface area contributed by atoms with Gasteiger partial charge in [-0.1, -0.05) is 71.1 Å². The van der Waals surface area contributed by atoms with E-state index in [4.69, 9.17) is 0 Å². The van der Waals surface area contributed by atoms with Crippen molar-refractivity contribution in [2.75, 3.05) is 27.7 Å². The van der Waals surface area contributed by atoms with Crippen molar-refractivity contribution in [1.82, 2.24) is 0 Å². The van der Waals surface area contributed by atoms with Crippen LogP contribution in [-0.2, 0) is 0 Å². The molecule has 0 aliphatic carbocycles. The second-order valence-corrected chi connectivity index (χ2v) is 7.40. The Kier molecular flexibility index (Phi) is 16.6. The van der Waals surface area contributed by atoms with Crippen LogP contribution in [-0.4, -0.2) is 39.4 Å². The van der Waals surface area contributed by atoms with Crippen molar-refractivity contribution in [3.8, 4) is 0 Å². The third kappa shape index (κ3) is 39.0. The van der Waals surface area contributed by atoms with Crippen LogP contribution in [0.3, 0.4) is 0 Å². The molecule has 0 spiro atoms. The highest BCUT2D eigenvalue weighted by Gasteiger charge is 2.20. The Morgan fingerprint density at radius 3 is 1.09 bits per heavy atom. The van der Waals surface area contributed by atoms with E-state index in [0.29, 0.717) is 0 Å². The van der Waals surface area contributed by atoms with Crippen LogP contribution in [0.5, 0.6) is 0 Å². The third-order valence-corrected chi connectivity index (χ3v) is 3.68. The first-order valence-corrected chi connectivity index (χ1v) is 9.24. The van der Waals surface area contributed by atoms with Gasteiger partial charge in [-0.3, -0.25) is 0 Å². The smallest absolute Gasteiger partial charge is 0.418 e. The maximum Gasteiger partial charge on any atom is 0.673 e. The molecule has 0 saturated heterocycles. The van der Waals surface area contributed by atoms with E-state index in [1.807, 2.05) is 0 Å². The summed E-state index contributed by atoms with van der Waals surface area (Å²) < 4.78 is 40.1. The number of hydrogen-bond donors (Lipinski definition) is 0. The molecule has 0 aliphatic heterocycles. The topological polar surface area (TPSA) is 0 Å². The lowest BCUT2D eigenvalue weighted by Crippen LogP contribution is -2.35. The average molecular weight is 343 g/mol. The summed E-state index contributed by atoms with van der Waals surface area (Å²) in [4.78, 5) is 0. The van der Waals surface area contributed by atoms with Gasteiger partial charge in [-0.25, -0.2) is 0 Å². The number of rotatable bonds is 13. The maximum atomic E-state index is 9.75. The summed E-state index contributed by atoms with van der Waals surface area (Å²) in [5.41, 5.74) is 0. The first-order chi connectivity index (χ1) is 10.6. The van der Waals surface area contributed by atoms with Gasteiger partial charge in [-0.2, -0.15) is 0 Å². The molecule has 0 amide bonds. The van der Waals surface area contributed by atoms with Crippen LogP contribution in [0, 0.1) is 0 Å². The zero-order valence-electron chi connectivity index (χ0n) is 15.7. The molecule has 0 saturated carbocycles. The van der Waals surface area contributed by atoms with Crippen LogP contribution in [0.15, 0.2) is 0 Å². The van der Waals surface area contributed by atoms with Gasteiger partial charge in [0, 0.05) is 0 Å². The zero-order valence-corrected chi connectivity index (χ0v) is 15.7. The summed E-state index contributed by atoms with van der Waals surface area (Å²) in [6.07, 6.45) is 17.4. The number of halogens is 4. The molecule has 0 atom stereocenters. The van der Waals surface area contributed by atoms with Crippen molar-refractivity contribution >= 4 is 7.25 Å². The minimum atomic E-state index is -6.00. The molecule has 0 aromatic heterocycles. The van der Waals surface area contributed by atoms with Gasteiger partial charge in [-0.15, -0.1) is 0 Å². The fourth-order valence-electron chi connectivity index (χ4n) is 2.43. The van der Waals surface area contributed by atoms with Crippen LogP contribution in [0.2, 0.25) is 0 Å². The Bertz CT molecular complexity index is 234. The molecule has 142 valence electrons. The first kappa shape index (κ1) is 25.0. The highest BCUT2D eigenvalue weighted by molar-refractivity contribution is 6.50. The second-order valence-electron chi connectivity index (χ2n) is 7.40. The molecular formula is C17H38BF4N. The highest BCUT2D eigenvalue weighted by Crippen LogP contribution is 2.12. The molecule has 0 aromatic carbocycles. The van der Waals surface area contributed by atoms with E-state index in [9.17, 15) is 17.3 Å². The van der Waals surface area contributed by atoms with Gasteiger partial charge in [0.15, 0.2) is 0 Å². The minimum Gasteiger partial charge on any atom is -0.418 e. The molecule has 0 unspecified atom stereocenters. The summed E-state index contributed by atoms with van der Waals surface area (Å²) in [6.45, 7) is 3.62. The van der Waals surface area contributed by atoms with Crippen LogP contribution in [0.1, 0.15) is 84.0 Å². The summed E-state index contributed by atoms with van der Waals surface area (Å²) in [7, 11) is 0.871. The Labute approximate surface area is 141 Å². The zero-order chi connectivity index (χ0) is 18.2. The molecule has 0 aliphatic rings. The van der Waals surface area contributed by atoms with E-state index < -0.39 is 7.25 Å². The maximum absolute atomic E-state index is 9.75. The van der Waals surface area contributed by atoms with E-state index >= 15 is 0 Å². The quantitative estimate of drug-likeness (QED) is 0.151. The van der Waals surface area contributed by atoms with Crippen LogP contribution >= 0.6 is 0 Å². The van der Waals surface area contributed by atoms with E-state index in [-0.39, 0.29) is 0 Å².